The summed E-state index contributed by atoms with van der Waals surface area (Å²) in [5.74, 6) is 2.13. The maximum atomic E-state index is 5.25. The highest BCUT2D eigenvalue weighted by Crippen LogP contribution is 2.38. The van der Waals surface area contributed by atoms with Crippen LogP contribution in [0.25, 0.3) is 0 Å². The van der Waals surface area contributed by atoms with Gasteiger partial charge >= 0.3 is 0 Å². The Kier molecular flexibility index (Phi) is 3.33. The van der Waals surface area contributed by atoms with Crippen molar-refractivity contribution in [2.24, 2.45) is 7.05 Å². The highest BCUT2D eigenvalue weighted by molar-refractivity contribution is 5.04. The Labute approximate surface area is 112 Å². The second-order valence-electron chi connectivity index (χ2n) is 5.33. The molecule has 1 fully saturated rings. The lowest BCUT2D eigenvalue weighted by atomic mass is 10.2. The predicted octanol–water partition coefficient (Wildman–Crippen LogP) is 1.35. The predicted molar refractivity (Wildman–Crippen MR) is 69.5 cm³/mol. The van der Waals surface area contributed by atoms with Crippen molar-refractivity contribution in [2.75, 3.05) is 13.6 Å². The highest BCUT2D eigenvalue weighted by Gasteiger charge is 2.29. The molecule has 1 aliphatic rings. The summed E-state index contributed by atoms with van der Waals surface area (Å²) in [7, 11) is 4.01. The number of nitrogens with zero attached hydrogens (tertiary/aromatic N) is 5. The van der Waals surface area contributed by atoms with Crippen molar-refractivity contribution in [3.8, 4) is 0 Å². The van der Waals surface area contributed by atoms with E-state index in [9.17, 15) is 0 Å². The fraction of sp³-hybridized carbons (Fsp3) is 0.615. The van der Waals surface area contributed by atoms with Crippen molar-refractivity contribution >= 4 is 0 Å². The van der Waals surface area contributed by atoms with E-state index in [2.05, 4.69) is 27.2 Å². The first-order valence-corrected chi connectivity index (χ1v) is 6.69. The second kappa shape index (κ2) is 5.13. The molecule has 6 heteroatoms. The van der Waals surface area contributed by atoms with E-state index in [1.807, 2.05) is 24.1 Å². The van der Waals surface area contributed by atoms with Crippen LogP contribution in [0.4, 0.5) is 0 Å². The lowest BCUT2D eigenvalue weighted by molar-refractivity contribution is 0.309. The molecule has 0 aromatic carbocycles. The molecule has 1 saturated carbocycles. The van der Waals surface area contributed by atoms with E-state index in [1.165, 1.54) is 18.4 Å². The summed E-state index contributed by atoms with van der Waals surface area (Å²) in [6.07, 6.45) is 7.33. The zero-order valence-electron chi connectivity index (χ0n) is 11.4. The molecule has 1 aliphatic carbocycles. The van der Waals surface area contributed by atoms with Gasteiger partial charge in [0.05, 0.1) is 12.7 Å². The molecule has 0 atom stereocenters. The average Bonchev–Trinajstić information content (AvgIpc) is 3.00. The number of aryl methyl sites for hydroxylation is 1. The normalized spacial score (nSPS) is 15.3. The Morgan fingerprint density at radius 2 is 2.32 bits per heavy atom. The summed E-state index contributed by atoms with van der Waals surface area (Å²) in [4.78, 5) is 6.64. The van der Waals surface area contributed by atoms with Crippen LogP contribution in [-0.2, 0) is 20.0 Å². The van der Waals surface area contributed by atoms with Crippen molar-refractivity contribution in [3.63, 3.8) is 0 Å². The molecule has 0 radical (unpaired) electrons. The van der Waals surface area contributed by atoms with Crippen LogP contribution in [-0.4, -0.2) is 38.4 Å². The first-order chi connectivity index (χ1) is 9.20. The minimum absolute atomic E-state index is 0.530. The lowest BCUT2D eigenvalue weighted by Gasteiger charge is -2.13. The molecule has 2 aromatic rings. The first-order valence-electron chi connectivity index (χ1n) is 6.69. The second-order valence-corrected chi connectivity index (χ2v) is 5.33. The SMILES string of the molecule is CN(CCc1cnn(C)c1)Cc1noc(C2CC2)n1. The molecule has 2 aromatic heterocycles. The maximum absolute atomic E-state index is 5.25. The molecule has 0 saturated heterocycles. The van der Waals surface area contributed by atoms with Crippen LogP contribution >= 0.6 is 0 Å². The lowest BCUT2D eigenvalue weighted by Crippen LogP contribution is -2.21. The van der Waals surface area contributed by atoms with E-state index in [-0.39, 0.29) is 0 Å². The van der Waals surface area contributed by atoms with E-state index in [1.54, 1.807) is 0 Å². The smallest absolute Gasteiger partial charge is 0.229 e. The number of likely N-dealkylation sites (N-methyl/N-ethyl adjacent to an activating group) is 1. The topological polar surface area (TPSA) is 60.0 Å². The van der Waals surface area contributed by atoms with Gasteiger partial charge in [0, 0.05) is 25.7 Å². The van der Waals surface area contributed by atoms with Crippen LogP contribution in [0.5, 0.6) is 0 Å². The van der Waals surface area contributed by atoms with Crippen molar-refractivity contribution < 1.29 is 4.52 Å². The van der Waals surface area contributed by atoms with Crippen molar-refractivity contribution in [2.45, 2.75) is 31.7 Å². The molecule has 0 spiro atoms. The minimum atomic E-state index is 0.530. The third-order valence-corrected chi connectivity index (χ3v) is 3.36. The van der Waals surface area contributed by atoms with Gasteiger partial charge in [-0.15, -0.1) is 0 Å². The molecule has 19 heavy (non-hydrogen) atoms. The third kappa shape index (κ3) is 3.20. The van der Waals surface area contributed by atoms with E-state index < -0.39 is 0 Å². The van der Waals surface area contributed by atoms with Crippen LogP contribution in [0.2, 0.25) is 0 Å². The fourth-order valence-electron chi connectivity index (χ4n) is 2.07. The van der Waals surface area contributed by atoms with Gasteiger partial charge in [-0.1, -0.05) is 5.16 Å². The summed E-state index contributed by atoms with van der Waals surface area (Å²) in [5, 5.41) is 8.20. The van der Waals surface area contributed by atoms with Gasteiger partial charge < -0.3 is 4.52 Å². The van der Waals surface area contributed by atoms with Crippen LogP contribution in [0.1, 0.15) is 36.0 Å². The Hall–Kier alpha value is -1.69. The average molecular weight is 261 g/mol. The Bertz CT molecular complexity index is 543. The molecule has 0 amide bonds. The van der Waals surface area contributed by atoms with Gasteiger partial charge in [-0.3, -0.25) is 9.58 Å². The summed E-state index contributed by atoms with van der Waals surface area (Å²) in [6, 6.07) is 0. The number of rotatable bonds is 6. The standard InChI is InChI=1S/C13H19N5O/c1-17(6-5-10-7-14-18(2)8-10)9-12-15-13(19-16-12)11-3-4-11/h7-8,11H,3-6,9H2,1-2H3. The van der Waals surface area contributed by atoms with Crippen LogP contribution in [0.3, 0.4) is 0 Å². The van der Waals surface area contributed by atoms with Gasteiger partial charge in [0.2, 0.25) is 5.89 Å². The van der Waals surface area contributed by atoms with Gasteiger partial charge in [0.1, 0.15) is 0 Å². The summed E-state index contributed by atoms with van der Waals surface area (Å²) >= 11 is 0. The van der Waals surface area contributed by atoms with Gasteiger partial charge in [-0.05, 0) is 31.9 Å². The van der Waals surface area contributed by atoms with Crippen molar-refractivity contribution in [3.05, 3.63) is 29.7 Å². The molecule has 0 bridgehead atoms. The molecule has 0 N–H and O–H groups in total. The highest BCUT2D eigenvalue weighted by atomic mass is 16.5. The molecule has 2 heterocycles. The van der Waals surface area contributed by atoms with Crippen LogP contribution in [0.15, 0.2) is 16.9 Å². The molecular weight excluding hydrogens is 242 g/mol. The Morgan fingerprint density at radius 1 is 1.47 bits per heavy atom. The maximum Gasteiger partial charge on any atom is 0.229 e. The summed E-state index contributed by atoms with van der Waals surface area (Å²) in [5.41, 5.74) is 1.25. The van der Waals surface area contributed by atoms with E-state index in [4.69, 9.17) is 4.52 Å². The van der Waals surface area contributed by atoms with E-state index in [0.29, 0.717) is 5.92 Å². The monoisotopic (exact) mass is 261 g/mol. The van der Waals surface area contributed by atoms with E-state index in [0.717, 1.165) is 31.2 Å². The summed E-state index contributed by atoms with van der Waals surface area (Å²) < 4.78 is 7.08. The number of hydrogen-bond donors (Lipinski definition) is 0. The van der Waals surface area contributed by atoms with Gasteiger partial charge in [-0.25, -0.2) is 0 Å². The molecule has 0 unspecified atom stereocenters. The largest absolute Gasteiger partial charge is 0.339 e. The third-order valence-electron chi connectivity index (χ3n) is 3.36. The van der Waals surface area contributed by atoms with Crippen LogP contribution < -0.4 is 0 Å². The molecule has 0 aliphatic heterocycles. The zero-order chi connectivity index (χ0) is 13.2. The first kappa shape index (κ1) is 12.3. The minimum Gasteiger partial charge on any atom is -0.339 e. The van der Waals surface area contributed by atoms with Gasteiger partial charge in [0.25, 0.3) is 0 Å². The fourth-order valence-corrected chi connectivity index (χ4v) is 2.07. The van der Waals surface area contributed by atoms with E-state index >= 15 is 0 Å². The van der Waals surface area contributed by atoms with Gasteiger partial charge in [-0.2, -0.15) is 10.1 Å². The number of aromatic nitrogens is 4. The zero-order valence-corrected chi connectivity index (χ0v) is 11.4. The Morgan fingerprint density at radius 3 is 3.00 bits per heavy atom. The van der Waals surface area contributed by atoms with Gasteiger partial charge in [0.15, 0.2) is 5.82 Å². The summed E-state index contributed by atoms with van der Waals surface area (Å²) in [6.45, 7) is 1.69. The van der Waals surface area contributed by atoms with Crippen LogP contribution in [0, 0.1) is 0 Å². The molecule has 102 valence electrons. The van der Waals surface area contributed by atoms with Crippen molar-refractivity contribution in [1.82, 2.24) is 24.8 Å². The number of hydrogen-bond acceptors (Lipinski definition) is 5. The molecule has 6 nitrogen and oxygen atoms in total. The van der Waals surface area contributed by atoms with Crippen molar-refractivity contribution in [1.29, 1.82) is 0 Å². The quantitative estimate of drug-likeness (QED) is 0.785. The molecule has 3 rings (SSSR count). The molecular formula is C13H19N5O. The Balaban J connectivity index is 1.48.